The highest BCUT2D eigenvalue weighted by Gasteiger charge is 2.44. The smallest absolute Gasteiger partial charge is 0.251 e. The fraction of sp³-hybridized carbons (Fsp3) is 0.556. The van der Waals surface area contributed by atoms with Gasteiger partial charge in [0.2, 0.25) is 0 Å². The Morgan fingerprint density at radius 1 is 1.65 bits per heavy atom. The summed E-state index contributed by atoms with van der Waals surface area (Å²) in [5.74, 6) is 0. The zero-order chi connectivity index (χ0) is 12.6. The minimum atomic E-state index is -1.72. The van der Waals surface area contributed by atoms with Crippen molar-refractivity contribution in [2.45, 2.75) is 24.6 Å². The van der Waals surface area contributed by atoms with Crippen LogP contribution in [0.2, 0.25) is 0 Å². The Hall–Kier alpha value is -1.09. The Balaban J connectivity index is 2.35. The molecule has 2 heterocycles. The van der Waals surface area contributed by atoms with Gasteiger partial charge < -0.3 is 14.9 Å². The van der Waals surface area contributed by atoms with Crippen molar-refractivity contribution in [3.05, 3.63) is 27.4 Å². The van der Waals surface area contributed by atoms with Crippen molar-refractivity contribution in [1.29, 1.82) is 0 Å². The number of nitrogens with one attached hydrogen (secondary N) is 1. The van der Waals surface area contributed by atoms with Crippen LogP contribution in [0.4, 0.5) is 4.39 Å². The van der Waals surface area contributed by atoms with Crippen LogP contribution in [0.15, 0.2) is 17.1 Å². The second kappa shape index (κ2) is 4.65. The van der Waals surface area contributed by atoms with Crippen LogP contribution < -0.4 is 5.56 Å². The molecule has 1 unspecified atom stereocenters. The molecule has 17 heavy (non-hydrogen) atoms. The Morgan fingerprint density at radius 3 is 2.88 bits per heavy atom. The van der Waals surface area contributed by atoms with E-state index < -0.39 is 36.8 Å². The van der Waals surface area contributed by atoms with E-state index in [0.29, 0.717) is 0 Å². The van der Waals surface area contributed by atoms with Gasteiger partial charge in [-0.2, -0.15) is 0 Å². The molecule has 6 nitrogen and oxygen atoms in total. The van der Waals surface area contributed by atoms with Gasteiger partial charge in [0.05, 0.1) is 6.61 Å². The summed E-state index contributed by atoms with van der Waals surface area (Å²) in [6, 6.07) is 1.17. The first-order valence-corrected chi connectivity index (χ1v) is 5.35. The molecule has 3 N–H and O–H groups in total. The van der Waals surface area contributed by atoms with Crippen molar-refractivity contribution in [3.8, 4) is 0 Å². The summed E-state index contributed by atoms with van der Waals surface area (Å²) < 4.78 is 20.1. The van der Waals surface area contributed by atoms with Gasteiger partial charge in [-0.1, -0.05) is 0 Å². The summed E-state index contributed by atoms with van der Waals surface area (Å²) in [5, 5.41) is 18.3. The van der Waals surface area contributed by atoms with E-state index in [2.05, 4.69) is 4.98 Å². The van der Waals surface area contributed by atoms with Crippen LogP contribution in [-0.4, -0.2) is 44.8 Å². The van der Waals surface area contributed by atoms with Crippen LogP contribution in [0.5, 0.6) is 0 Å². The molecule has 4 atom stereocenters. The number of ether oxygens (including phenoxy) is 1. The van der Waals surface area contributed by atoms with Gasteiger partial charge in [0, 0.05) is 12.3 Å². The average molecular weight is 262 g/mol. The predicted octanol–water partition coefficient (Wildman–Crippen LogP) is -0.505. The molecule has 1 aromatic heterocycles. The summed E-state index contributed by atoms with van der Waals surface area (Å²) >= 11 is 4.86. The average Bonchev–Trinajstić information content (AvgIpc) is 2.57. The van der Waals surface area contributed by atoms with Crippen molar-refractivity contribution >= 4 is 12.2 Å². The molecule has 0 aliphatic carbocycles. The number of aliphatic hydroxyl groups excluding tert-OH is 2. The zero-order valence-corrected chi connectivity index (χ0v) is 9.43. The second-order valence-corrected chi connectivity index (χ2v) is 4.09. The topological polar surface area (TPSA) is 87.5 Å². The van der Waals surface area contributed by atoms with E-state index in [1.165, 1.54) is 16.8 Å². The number of hydrogen-bond donors (Lipinski definition) is 3. The lowest BCUT2D eigenvalue weighted by atomic mass is 10.1. The Morgan fingerprint density at radius 2 is 2.35 bits per heavy atom. The zero-order valence-electron chi connectivity index (χ0n) is 8.62. The van der Waals surface area contributed by atoms with Crippen LogP contribution in [0.3, 0.4) is 0 Å². The fourth-order valence-electron chi connectivity index (χ4n) is 1.71. The first kappa shape index (κ1) is 12.4. The SMILES string of the molecule is O=c1ccn([C@@H]2O[C@H](CO)C(O)[C@@H]2F)c(=S)[nH]1. The number of halogens is 1. The van der Waals surface area contributed by atoms with E-state index in [1.54, 1.807) is 0 Å². The lowest BCUT2D eigenvalue weighted by Crippen LogP contribution is -2.30. The third-order valence-corrected chi connectivity index (χ3v) is 2.91. The third kappa shape index (κ3) is 2.16. The lowest BCUT2D eigenvalue weighted by molar-refractivity contribution is -0.0484. The standard InChI is InChI=1S/C9H11FN2O4S/c10-6-7(15)4(3-13)16-8(6)12-2-1-5(14)11-9(12)17/h1-2,4,6-8,13,15H,3H2,(H,11,14,17)/t4-,6+,7?,8-/m1/s1. The first-order valence-electron chi connectivity index (χ1n) is 4.94. The van der Waals surface area contributed by atoms with Crippen molar-refractivity contribution in [3.63, 3.8) is 0 Å². The second-order valence-electron chi connectivity index (χ2n) is 3.70. The largest absolute Gasteiger partial charge is 0.394 e. The maximum absolute atomic E-state index is 13.7. The fourth-order valence-corrected chi connectivity index (χ4v) is 1.97. The van der Waals surface area contributed by atoms with Gasteiger partial charge in [0.25, 0.3) is 5.56 Å². The van der Waals surface area contributed by atoms with Gasteiger partial charge in [-0.25, -0.2) is 4.39 Å². The molecular weight excluding hydrogens is 251 g/mol. The minimum Gasteiger partial charge on any atom is -0.394 e. The lowest BCUT2D eigenvalue weighted by Gasteiger charge is -2.16. The molecule has 94 valence electrons. The van der Waals surface area contributed by atoms with Gasteiger partial charge in [-0.3, -0.25) is 14.3 Å². The van der Waals surface area contributed by atoms with Crippen LogP contribution in [0.25, 0.3) is 0 Å². The van der Waals surface area contributed by atoms with Gasteiger partial charge in [0.1, 0.15) is 12.2 Å². The molecule has 1 aromatic rings. The maximum atomic E-state index is 13.7. The number of alkyl halides is 1. The number of H-pyrrole nitrogens is 1. The van der Waals surface area contributed by atoms with Crippen LogP contribution in [0.1, 0.15) is 6.23 Å². The quantitative estimate of drug-likeness (QED) is 0.625. The number of aliphatic hydroxyl groups is 2. The van der Waals surface area contributed by atoms with E-state index in [-0.39, 0.29) is 4.77 Å². The molecule has 0 spiro atoms. The molecular formula is C9H11FN2O4S. The maximum Gasteiger partial charge on any atom is 0.251 e. The van der Waals surface area contributed by atoms with Crippen LogP contribution >= 0.6 is 12.2 Å². The number of rotatable bonds is 2. The summed E-state index contributed by atoms with van der Waals surface area (Å²) in [6.45, 7) is -0.491. The minimum absolute atomic E-state index is 0.00376. The van der Waals surface area contributed by atoms with Gasteiger partial charge in [-0.15, -0.1) is 0 Å². The summed E-state index contributed by atoms with van der Waals surface area (Å²) in [4.78, 5) is 13.3. The van der Waals surface area contributed by atoms with E-state index in [4.69, 9.17) is 22.1 Å². The summed E-state index contributed by atoms with van der Waals surface area (Å²) in [7, 11) is 0. The molecule has 1 aliphatic heterocycles. The number of aromatic nitrogens is 2. The van der Waals surface area contributed by atoms with Gasteiger partial charge in [-0.05, 0) is 12.2 Å². The van der Waals surface area contributed by atoms with Crippen molar-refractivity contribution in [2.24, 2.45) is 0 Å². The van der Waals surface area contributed by atoms with E-state index >= 15 is 0 Å². The molecule has 1 fully saturated rings. The monoisotopic (exact) mass is 262 g/mol. The molecule has 0 amide bonds. The molecule has 1 aliphatic rings. The highest BCUT2D eigenvalue weighted by Crippen LogP contribution is 2.31. The number of aromatic amines is 1. The molecule has 0 saturated carbocycles. The number of nitrogens with zero attached hydrogens (tertiary/aromatic N) is 1. The van der Waals surface area contributed by atoms with E-state index in [9.17, 15) is 14.3 Å². The molecule has 8 heteroatoms. The Bertz CT molecular complexity index is 516. The highest BCUT2D eigenvalue weighted by atomic mass is 32.1. The molecule has 0 aromatic carbocycles. The highest BCUT2D eigenvalue weighted by molar-refractivity contribution is 7.71. The van der Waals surface area contributed by atoms with Gasteiger partial charge >= 0.3 is 0 Å². The van der Waals surface area contributed by atoms with Crippen molar-refractivity contribution in [1.82, 2.24) is 9.55 Å². The van der Waals surface area contributed by atoms with E-state index in [0.717, 1.165) is 0 Å². The molecule has 1 saturated heterocycles. The molecule has 2 rings (SSSR count). The van der Waals surface area contributed by atoms with Crippen molar-refractivity contribution < 1.29 is 19.3 Å². The normalized spacial score (nSPS) is 32.9. The van der Waals surface area contributed by atoms with Crippen LogP contribution in [0, 0.1) is 4.77 Å². The van der Waals surface area contributed by atoms with E-state index in [1.807, 2.05) is 0 Å². The van der Waals surface area contributed by atoms with Crippen molar-refractivity contribution in [2.75, 3.05) is 6.61 Å². The molecule has 0 radical (unpaired) electrons. The summed E-state index contributed by atoms with van der Waals surface area (Å²) in [5.41, 5.74) is -0.404. The van der Waals surface area contributed by atoms with Gasteiger partial charge in [0.15, 0.2) is 17.2 Å². The summed E-state index contributed by atoms with van der Waals surface area (Å²) in [6.07, 6.45) is -4.00. The predicted molar refractivity (Wildman–Crippen MR) is 57.8 cm³/mol. The first-order chi connectivity index (χ1) is 8.04. The molecule has 0 bridgehead atoms. The Labute approximate surface area is 100 Å². The number of hydrogen-bond acceptors (Lipinski definition) is 5. The Kier molecular flexibility index (Phi) is 3.38. The van der Waals surface area contributed by atoms with Crippen LogP contribution in [-0.2, 0) is 4.74 Å². The third-order valence-electron chi connectivity index (χ3n) is 2.60.